The maximum absolute atomic E-state index is 12.0. The molecule has 110 valence electrons. The molecule has 0 fully saturated rings. The van der Waals surface area contributed by atoms with Crippen LogP contribution in [0, 0.1) is 6.92 Å². The summed E-state index contributed by atoms with van der Waals surface area (Å²) >= 11 is 0. The van der Waals surface area contributed by atoms with E-state index in [1.165, 1.54) is 11.1 Å². The average Bonchev–Trinajstić information content (AvgIpc) is 2.47. The predicted octanol–water partition coefficient (Wildman–Crippen LogP) is 2.89. The normalized spacial score (nSPS) is 10.2. The third kappa shape index (κ3) is 3.54. The number of nitrogens with one attached hydrogen (secondary N) is 1. The largest absolute Gasteiger partial charge is 0.397 e. The molecule has 1 amide bonds. The molecule has 4 nitrogen and oxygen atoms in total. The molecule has 0 saturated carbocycles. The van der Waals surface area contributed by atoms with Crippen molar-refractivity contribution < 1.29 is 4.79 Å². The van der Waals surface area contributed by atoms with Gasteiger partial charge < -0.3 is 16.0 Å². The number of hydrogen-bond donors (Lipinski definition) is 2. The van der Waals surface area contributed by atoms with E-state index in [9.17, 15) is 4.79 Å². The molecule has 0 spiro atoms. The van der Waals surface area contributed by atoms with Gasteiger partial charge in [0, 0.05) is 26.2 Å². The van der Waals surface area contributed by atoms with Gasteiger partial charge in [0.1, 0.15) is 0 Å². The van der Waals surface area contributed by atoms with Gasteiger partial charge in [-0.3, -0.25) is 4.79 Å². The van der Waals surface area contributed by atoms with Crippen LogP contribution in [0.4, 0.5) is 11.4 Å². The van der Waals surface area contributed by atoms with Crippen molar-refractivity contribution in [3.63, 3.8) is 0 Å². The minimum atomic E-state index is -0.0334. The van der Waals surface area contributed by atoms with Crippen molar-refractivity contribution in [2.75, 3.05) is 25.1 Å². The topological polar surface area (TPSA) is 58.4 Å². The summed E-state index contributed by atoms with van der Waals surface area (Å²) < 4.78 is 0. The lowest BCUT2D eigenvalue weighted by Gasteiger charge is -2.14. The van der Waals surface area contributed by atoms with Gasteiger partial charge in [-0.15, -0.1) is 0 Å². The highest BCUT2D eigenvalue weighted by molar-refractivity contribution is 5.95. The Balaban J connectivity index is 2.18. The lowest BCUT2D eigenvalue weighted by atomic mass is 10.1. The van der Waals surface area contributed by atoms with E-state index in [2.05, 4.69) is 24.4 Å². The second-order valence-electron chi connectivity index (χ2n) is 5.28. The second kappa shape index (κ2) is 6.31. The van der Waals surface area contributed by atoms with Gasteiger partial charge in [-0.1, -0.05) is 24.3 Å². The molecular formula is C17H21N3O. The number of hydrogen-bond acceptors (Lipinski definition) is 3. The Bertz CT molecular complexity index is 650. The fourth-order valence-electron chi connectivity index (χ4n) is 2.10. The summed E-state index contributed by atoms with van der Waals surface area (Å²) in [6.45, 7) is 2.75. The van der Waals surface area contributed by atoms with E-state index in [0.717, 1.165) is 5.69 Å². The van der Waals surface area contributed by atoms with E-state index >= 15 is 0 Å². The highest BCUT2D eigenvalue weighted by Crippen LogP contribution is 2.22. The number of carbonyl (C=O) groups is 1. The van der Waals surface area contributed by atoms with Crippen LogP contribution in [0.3, 0.4) is 0 Å². The van der Waals surface area contributed by atoms with Crippen LogP contribution in [0.1, 0.15) is 21.5 Å². The number of amides is 1. The Morgan fingerprint density at radius 2 is 1.90 bits per heavy atom. The van der Waals surface area contributed by atoms with Gasteiger partial charge in [-0.25, -0.2) is 0 Å². The molecule has 0 aliphatic heterocycles. The van der Waals surface area contributed by atoms with Crippen molar-refractivity contribution in [2.24, 2.45) is 0 Å². The molecule has 0 unspecified atom stereocenters. The number of anilines is 2. The van der Waals surface area contributed by atoms with Gasteiger partial charge in [0.2, 0.25) is 0 Å². The summed E-state index contributed by atoms with van der Waals surface area (Å²) in [5, 5.41) is 3.31. The third-order valence-electron chi connectivity index (χ3n) is 3.44. The molecule has 21 heavy (non-hydrogen) atoms. The Morgan fingerprint density at radius 1 is 1.19 bits per heavy atom. The number of nitrogen functional groups attached to an aromatic ring is 1. The Kier molecular flexibility index (Phi) is 4.48. The van der Waals surface area contributed by atoms with E-state index in [-0.39, 0.29) is 5.91 Å². The summed E-state index contributed by atoms with van der Waals surface area (Å²) in [5.74, 6) is -0.0334. The number of nitrogens with two attached hydrogens (primary N) is 1. The number of rotatable bonds is 4. The third-order valence-corrected chi connectivity index (χ3v) is 3.44. The molecule has 0 heterocycles. The molecule has 0 aliphatic carbocycles. The molecule has 4 heteroatoms. The van der Waals surface area contributed by atoms with Crippen LogP contribution in [0.25, 0.3) is 0 Å². The van der Waals surface area contributed by atoms with Gasteiger partial charge in [0.25, 0.3) is 5.91 Å². The zero-order chi connectivity index (χ0) is 15.4. The van der Waals surface area contributed by atoms with Crippen LogP contribution in [0.15, 0.2) is 42.5 Å². The average molecular weight is 283 g/mol. The molecule has 0 saturated heterocycles. The molecule has 2 aromatic carbocycles. The SMILES string of the molecule is Cc1ccccc1CNc1cc(C(=O)N(C)C)ccc1N. The van der Waals surface area contributed by atoms with Gasteiger partial charge in [0.15, 0.2) is 0 Å². The Hall–Kier alpha value is -2.49. The number of carbonyl (C=O) groups excluding carboxylic acids is 1. The number of nitrogens with zero attached hydrogens (tertiary/aromatic N) is 1. The number of aryl methyl sites for hydroxylation is 1. The fourth-order valence-corrected chi connectivity index (χ4v) is 2.10. The molecule has 2 aromatic rings. The van der Waals surface area contributed by atoms with Gasteiger partial charge in [-0.2, -0.15) is 0 Å². The van der Waals surface area contributed by atoms with E-state index in [1.807, 2.05) is 12.1 Å². The van der Waals surface area contributed by atoms with Crippen molar-refractivity contribution in [3.8, 4) is 0 Å². The van der Waals surface area contributed by atoms with Gasteiger partial charge >= 0.3 is 0 Å². The monoisotopic (exact) mass is 283 g/mol. The minimum Gasteiger partial charge on any atom is -0.397 e. The molecule has 2 rings (SSSR count). The summed E-state index contributed by atoms with van der Waals surface area (Å²) in [5.41, 5.74) is 10.5. The molecule has 3 N–H and O–H groups in total. The van der Waals surface area contributed by atoms with Crippen molar-refractivity contribution in [3.05, 3.63) is 59.2 Å². The van der Waals surface area contributed by atoms with Gasteiger partial charge in [0.05, 0.1) is 11.4 Å². The smallest absolute Gasteiger partial charge is 0.253 e. The predicted molar refractivity (Wildman–Crippen MR) is 87.4 cm³/mol. The maximum atomic E-state index is 12.0. The molecule has 0 aromatic heterocycles. The van der Waals surface area contributed by atoms with Crippen LogP contribution in [-0.2, 0) is 6.54 Å². The lowest BCUT2D eigenvalue weighted by molar-refractivity contribution is 0.0827. The summed E-state index contributed by atoms with van der Waals surface area (Å²) in [7, 11) is 3.47. The van der Waals surface area contributed by atoms with Crippen molar-refractivity contribution in [2.45, 2.75) is 13.5 Å². The quantitative estimate of drug-likeness (QED) is 0.848. The molecule has 0 radical (unpaired) electrons. The van der Waals surface area contributed by atoms with Crippen LogP contribution in [0.5, 0.6) is 0 Å². The number of benzene rings is 2. The summed E-state index contributed by atoms with van der Waals surface area (Å²) in [6, 6.07) is 13.5. The lowest BCUT2D eigenvalue weighted by Crippen LogP contribution is -2.21. The molecule has 0 atom stereocenters. The minimum absolute atomic E-state index is 0.0334. The van der Waals surface area contributed by atoms with Crippen molar-refractivity contribution in [1.82, 2.24) is 4.90 Å². The highest BCUT2D eigenvalue weighted by Gasteiger charge is 2.10. The standard InChI is InChI=1S/C17H21N3O/c1-12-6-4-5-7-14(12)11-19-16-10-13(8-9-15(16)18)17(21)20(2)3/h4-10,19H,11,18H2,1-3H3. The maximum Gasteiger partial charge on any atom is 0.253 e. The first-order valence-electron chi connectivity index (χ1n) is 6.88. The first-order valence-corrected chi connectivity index (χ1v) is 6.88. The summed E-state index contributed by atoms with van der Waals surface area (Å²) in [6.07, 6.45) is 0. The molecule has 0 aliphatic rings. The second-order valence-corrected chi connectivity index (χ2v) is 5.28. The van der Waals surface area contributed by atoms with Crippen molar-refractivity contribution >= 4 is 17.3 Å². The van der Waals surface area contributed by atoms with Gasteiger partial charge in [-0.05, 0) is 36.2 Å². The highest BCUT2D eigenvalue weighted by atomic mass is 16.2. The first kappa shape index (κ1) is 14.9. The Labute approximate surface area is 125 Å². The van der Waals surface area contributed by atoms with Crippen molar-refractivity contribution in [1.29, 1.82) is 0 Å². The first-order chi connectivity index (χ1) is 9.99. The zero-order valence-corrected chi connectivity index (χ0v) is 12.7. The van der Waals surface area contributed by atoms with E-state index in [0.29, 0.717) is 17.8 Å². The van der Waals surface area contributed by atoms with Crippen LogP contribution in [0.2, 0.25) is 0 Å². The molecular weight excluding hydrogens is 262 g/mol. The van der Waals surface area contributed by atoms with Crippen LogP contribution in [-0.4, -0.2) is 24.9 Å². The summed E-state index contributed by atoms with van der Waals surface area (Å²) in [4.78, 5) is 13.5. The van der Waals surface area contributed by atoms with Crippen LogP contribution < -0.4 is 11.1 Å². The zero-order valence-electron chi connectivity index (χ0n) is 12.7. The fraction of sp³-hybridized carbons (Fsp3) is 0.235. The van der Waals surface area contributed by atoms with Crippen LogP contribution >= 0.6 is 0 Å². The van der Waals surface area contributed by atoms with E-state index in [1.54, 1.807) is 37.2 Å². The molecule has 0 bridgehead atoms. The Morgan fingerprint density at radius 3 is 2.57 bits per heavy atom. The van der Waals surface area contributed by atoms with E-state index in [4.69, 9.17) is 5.73 Å². The van der Waals surface area contributed by atoms with E-state index < -0.39 is 0 Å².